The summed E-state index contributed by atoms with van der Waals surface area (Å²) in [5.74, 6) is 0.312. The van der Waals surface area contributed by atoms with Crippen molar-refractivity contribution in [1.82, 2.24) is 29.4 Å². The molecule has 0 atom stereocenters. The van der Waals surface area contributed by atoms with Crippen molar-refractivity contribution in [3.63, 3.8) is 0 Å². The normalized spacial score (nSPS) is 15.3. The first-order valence-corrected chi connectivity index (χ1v) is 12.5. The van der Waals surface area contributed by atoms with Gasteiger partial charge in [0.05, 0.1) is 4.90 Å². The lowest BCUT2D eigenvalue weighted by Crippen LogP contribution is -2.51. The van der Waals surface area contributed by atoms with Crippen LogP contribution in [0.3, 0.4) is 0 Å². The molecule has 9 nitrogen and oxygen atoms in total. The van der Waals surface area contributed by atoms with Crippen LogP contribution in [-0.2, 0) is 21.4 Å². The fourth-order valence-electron chi connectivity index (χ4n) is 3.69. The Kier molecular flexibility index (Phi) is 5.45. The first-order valence-electron chi connectivity index (χ1n) is 10.1. The van der Waals surface area contributed by atoms with Gasteiger partial charge in [0.25, 0.3) is 0 Å². The molecule has 4 aromatic rings. The summed E-state index contributed by atoms with van der Waals surface area (Å²) in [6, 6.07) is 14.7. The molecule has 1 amide bonds. The van der Waals surface area contributed by atoms with Gasteiger partial charge in [-0.25, -0.2) is 8.42 Å². The predicted octanol–water partition coefficient (Wildman–Crippen LogP) is 2.09. The zero-order valence-corrected chi connectivity index (χ0v) is 18.7. The molecular formula is C21H20N6O3S2. The van der Waals surface area contributed by atoms with Gasteiger partial charge in [-0.1, -0.05) is 30.3 Å². The van der Waals surface area contributed by atoms with Gasteiger partial charge in [-0.3, -0.25) is 4.79 Å². The largest absolute Gasteiger partial charge is 0.338 e. The van der Waals surface area contributed by atoms with Gasteiger partial charge in [-0.2, -0.15) is 20.4 Å². The lowest BCUT2D eigenvalue weighted by Gasteiger charge is -2.33. The molecule has 2 aromatic heterocycles. The summed E-state index contributed by atoms with van der Waals surface area (Å²) in [5.41, 5.74) is 0.862. The zero-order valence-electron chi connectivity index (χ0n) is 17.0. The fourth-order valence-corrected chi connectivity index (χ4v) is 5.79. The van der Waals surface area contributed by atoms with Crippen molar-refractivity contribution in [2.75, 3.05) is 26.2 Å². The molecule has 0 radical (unpaired) electrons. The smallest absolute Gasteiger partial charge is 0.246 e. The summed E-state index contributed by atoms with van der Waals surface area (Å²) in [6.45, 7) is 1.09. The van der Waals surface area contributed by atoms with Crippen LogP contribution < -0.4 is 0 Å². The van der Waals surface area contributed by atoms with E-state index < -0.39 is 10.0 Å². The number of rotatable bonds is 5. The molecule has 1 fully saturated rings. The van der Waals surface area contributed by atoms with Crippen LogP contribution in [0, 0.1) is 0 Å². The summed E-state index contributed by atoms with van der Waals surface area (Å²) < 4.78 is 27.6. The van der Waals surface area contributed by atoms with Gasteiger partial charge in [0.2, 0.25) is 21.8 Å². The van der Waals surface area contributed by atoms with Crippen LogP contribution in [0.5, 0.6) is 0 Å². The molecule has 3 heterocycles. The first-order chi connectivity index (χ1) is 15.5. The third-order valence-electron chi connectivity index (χ3n) is 5.46. The number of carbonyl (C=O) groups excluding carboxylic acids is 1. The Morgan fingerprint density at radius 2 is 1.78 bits per heavy atom. The van der Waals surface area contributed by atoms with E-state index in [1.165, 1.54) is 20.4 Å². The van der Waals surface area contributed by atoms with E-state index >= 15 is 0 Å². The van der Waals surface area contributed by atoms with Crippen LogP contribution in [0.2, 0.25) is 0 Å². The van der Waals surface area contributed by atoms with E-state index in [0.29, 0.717) is 18.9 Å². The van der Waals surface area contributed by atoms with Crippen LogP contribution >= 0.6 is 11.3 Å². The van der Waals surface area contributed by atoms with Crippen LogP contribution in [-0.4, -0.2) is 69.9 Å². The van der Waals surface area contributed by atoms with Crippen molar-refractivity contribution in [1.29, 1.82) is 0 Å². The number of carbonyl (C=O) groups is 1. The Morgan fingerprint density at radius 3 is 2.53 bits per heavy atom. The summed E-state index contributed by atoms with van der Waals surface area (Å²) in [7, 11) is -3.63. The monoisotopic (exact) mass is 468 g/mol. The van der Waals surface area contributed by atoms with Crippen LogP contribution in [0.15, 0.2) is 64.2 Å². The number of thiophene rings is 1. The predicted molar refractivity (Wildman–Crippen MR) is 120 cm³/mol. The standard InChI is InChI=1S/C21H20N6O3S2/c28-20(14-27-23-21(22-24-27)18-7-12-31-15-18)25-8-10-26(11-9-25)32(29,30)19-6-5-16-3-1-2-4-17(16)13-19/h1-7,12-13,15H,8-11,14H2. The average molecular weight is 469 g/mol. The summed E-state index contributed by atoms with van der Waals surface area (Å²) in [4.78, 5) is 15.8. The van der Waals surface area contributed by atoms with Crippen molar-refractivity contribution in [2.45, 2.75) is 11.4 Å². The van der Waals surface area contributed by atoms with Crippen molar-refractivity contribution >= 4 is 38.0 Å². The van der Waals surface area contributed by atoms with Crippen LogP contribution in [0.4, 0.5) is 0 Å². The highest BCUT2D eigenvalue weighted by Crippen LogP contribution is 2.23. The topological polar surface area (TPSA) is 101 Å². The van der Waals surface area contributed by atoms with Crippen LogP contribution in [0.1, 0.15) is 0 Å². The van der Waals surface area contributed by atoms with Crippen molar-refractivity contribution in [3.05, 3.63) is 59.3 Å². The fraction of sp³-hybridized carbons (Fsp3) is 0.238. The molecule has 0 aliphatic carbocycles. The molecular weight excluding hydrogens is 448 g/mol. The number of amides is 1. The lowest BCUT2D eigenvalue weighted by molar-refractivity contribution is -0.133. The highest BCUT2D eigenvalue weighted by Gasteiger charge is 2.30. The molecule has 0 unspecified atom stereocenters. The van der Waals surface area contributed by atoms with Crippen molar-refractivity contribution in [3.8, 4) is 11.4 Å². The molecule has 32 heavy (non-hydrogen) atoms. The van der Waals surface area contributed by atoms with Gasteiger partial charge in [0.15, 0.2) is 0 Å². The number of hydrogen-bond acceptors (Lipinski definition) is 7. The second-order valence-corrected chi connectivity index (χ2v) is 10.2. The Morgan fingerprint density at radius 1 is 1.00 bits per heavy atom. The second kappa shape index (κ2) is 8.41. The molecule has 164 valence electrons. The number of nitrogens with zero attached hydrogens (tertiary/aromatic N) is 6. The van der Waals surface area contributed by atoms with Gasteiger partial charge in [0, 0.05) is 37.1 Å². The van der Waals surface area contributed by atoms with Gasteiger partial charge >= 0.3 is 0 Å². The highest BCUT2D eigenvalue weighted by molar-refractivity contribution is 7.89. The number of benzene rings is 2. The molecule has 0 spiro atoms. The van der Waals surface area contributed by atoms with Gasteiger partial charge in [0.1, 0.15) is 6.54 Å². The zero-order chi connectivity index (χ0) is 22.1. The maximum atomic E-state index is 13.1. The SMILES string of the molecule is O=C(Cn1nnc(-c2ccsc2)n1)N1CCN(S(=O)(=O)c2ccc3ccccc3c2)CC1. The minimum atomic E-state index is -3.63. The minimum absolute atomic E-state index is 0.0332. The molecule has 1 aliphatic heterocycles. The number of piperazine rings is 1. The van der Waals surface area contributed by atoms with E-state index in [0.717, 1.165) is 16.3 Å². The molecule has 5 rings (SSSR count). The Labute approximate surface area is 188 Å². The van der Waals surface area contributed by atoms with E-state index in [9.17, 15) is 13.2 Å². The minimum Gasteiger partial charge on any atom is -0.338 e. The Bertz CT molecular complexity index is 1360. The number of tetrazole rings is 1. The van der Waals surface area contributed by atoms with E-state index in [1.54, 1.807) is 17.0 Å². The Hall–Kier alpha value is -3.15. The molecule has 0 saturated carbocycles. The molecule has 0 bridgehead atoms. The average Bonchev–Trinajstić information content (AvgIpc) is 3.51. The van der Waals surface area contributed by atoms with Crippen molar-refractivity contribution < 1.29 is 13.2 Å². The number of sulfonamides is 1. The maximum absolute atomic E-state index is 13.1. The van der Waals surface area contributed by atoms with Gasteiger partial charge in [-0.15, -0.1) is 10.2 Å². The summed E-state index contributed by atoms with van der Waals surface area (Å²) in [5, 5.41) is 17.9. The molecule has 1 aliphatic rings. The summed E-state index contributed by atoms with van der Waals surface area (Å²) in [6.07, 6.45) is 0. The molecule has 2 aromatic carbocycles. The number of fused-ring (bicyclic) bond motifs is 1. The molecule has 1 saturated heterocycles. The second-order valence-electron chi connectivity index (χ2n) is 7.45. The maximum Gasteiger partial charge on any atom is 0.246 e. The third kappa shape index (κ3) is 4.01. The molecule has 11 heteroatoms. The lowest BCUT2D eigenvalue weighted by atomic mass is 10.1. The number of aromatic nitrogens is 4. The van der Waals surface area contributed by atoms with Gasteiger partial charge in [-0.05, 0) is 39.6 Å². The van der Waals surface area contributed by atoms with E-state index in [-0.39, 0.29) is 30.4 Å². The number of hydrogen-bond donors (Lipinski definition) is 0. The quantitative estimate of drug-likeness (QED) is 0.445. The van der Waals surface area contributed by atoms with E-state index in [2.05, 4.69) is 15.4 Å². The first kappa shape index (κ1) is 20.7. The van der Waals surface area contributed by atoms with E-state index in [1.807, 2.05) is 47.2 Å². The Balaban J connectivity index is 1.22. The molecule has 0 N–H and O–H groups in total. The van der Waals surface area contributed by atoms with Crippen molar-refractivity contribution in [2.24, 2.45) is 0 Å². The van der Waals surface area contributed by atoms with E-state index in [4.69, 9.17) is 0 Å². The summed E-state index contributed by atoms with van der Waals surface area (Å²) >= 11 is 1.54. The van der Waals surface area contributed by atoms with Gasteiger partial charge < -0.3 is 4.90 Å². The van der Waals surface area contributed by atoms with Crippen LogP contribution in [0.25, 0.3) is 22.2 Å². The highest BCUT2D eigenvalue weighted by atomic mass is 32.2. The third-order valence-corrected chi connectivity index (χ3v) is 8.04.